The quantitative estimate of drug-likeness (QED) is 0.161. The lowest BCUT2D eigenvalue weighted by Gasteiger charge is -2.28. The van der Waals surface area contributed by atoms with Gasteiger partial charge in [0, 0.05) is 65.9 Å². The van der Waals surface area contributed by atoms with E-state index in [9.17, 15) is 0 Å². The van der Waals surface area contributed by atoms with Crippen LogP contribution in [0, 0.1) is 0 Å². The van der Waals surface area contributed by atoms with Gasteiger partial charge < -0.3 is 18.3 Å². The first-order valence-electron chi connectivity index (χ1n) is 21.8. The summed E-state index contributed by atoms with van der Waals surface area (Å²) in [6.07, 6.45) is 0. The SMILES string of the molecule is c1ccc(-c2cc(-c3cccc4c3oc3ccccc34)ccc2N(c2ccccc2)c2ccc3c4ccccc4n(-c4ccccc4-c4cccc5c4oc4ccccc45)c3c2)cc1. The highest BCUT2D eigenvalue weighted by molar-refractivity contribution is 6.14. The number of hydrogen-bond donors (Lipinski definition) is 0. The average molecular weight is 819 g/mol. The predicted molar refractivity (Wildman–Crippen MR) is 266 cm³/mol. The number of benzene rings is 10. The Hall–Kier alpha value is -8.60. The van der Waals surface area contributed by atoms with E-state index in [1.165, 1.54) is 10.8 Å². The standard InChI is InChI=1S/C60H38N2O2/c1-3-17-39(18-4-1)52-37-40(43-25-15-27-50-47-23-9-13-31-57(47)63-59(43)50)33-36-55(52)61(41-19-5-2-6-20-41)42-34-35-46-44-21-7-11-29-53(44)62(56(46)38-42)54-30-12-8-22-45(54)49-26-16-28-51-48-24-10-14-32-58(48)64-60(49)51/h1-38H. The predicted octanol–water partition coefficient (Wildman–Crippen LogP) is 17.1. The highest BCUT2D eigenvalue weighted by Crippen LogP contribution is 2.47. The number of aromatic nitrogens is 1. The van der Waals surface area contributed by atoms with E-state index in [4.69, 9.17) is 8.83 Å². The van der Waals surface area contributed by atoms with Crippen molar-refractivity contribution in [2.45, 2.75) is 0 Å². The molecule has 300 valence electrons. The number of para-hydroxylation sites is 7. The molecule has 64 heavy (non-hydrogen) atoms. The summed E-state index contributed by atoms with van der Waals surface area (Å²) in [4.78, 5) is 2.40. The van der Waals surface area contributed by atoms with E-state index in [2.05, 4.69) is 222 Å². The zero-order valence-electron chi connectivity index (χ0n) is 34.7. The van der Waals surface area contributed by atoms with E-state index >= 15 is 0 Å². The van der Waals surface area contributed by atoms with E-state index in [1.54, 1.807) is 0 Å². The van der Waals surface area contributed by atoms with Crippen LogP contribution in [0.15, 0.2) is 239 Å². The van der Waals surface area contributed by atoms with Gasteiger partial charge in [-0.05, 0) is 71.8 Å². The smallest absolute Gasteiger partial charge is 0.143 e. The second-order valence-corrected chi connectivity index (χ2v) is 16.4. The van der Waals surface area contributed by atoms with Crippen molar-refractivity contribution in [2.24, 2.45) is 0 Å². The van der Waals surface area contributed by atoms with Crippen molar-refractivity contribution in [1.29, 1.82) is 0 Å². The molecule has 0 unspecified atom stereocenters. The van der Waals surface area contributed by atoms with Crippen LogP contribution in [0.5, 0.6) is 0 Å². The van der Waals surface area contributed by atoms with Gasteiger partial charge in [0.1, 0.15) is 22.3 Å². The van der Waals surface area contributed by atoms with E-state index in [-0.39, 0.29) is 0 Å². The molecule has 0 saturated carbocycles. The summed E-state index contributed by atoms with van der Waals surface area (Å²) in [5, 5.41) is 6.84. The Kier molecular flexibility index (Phi) is 8.18. The summed E-state index contributed by atoms with van der Waals surface area (Å²) in [5.74, 6) is 0. The minimum absolute atomic E-state index is 0.888. The van der Waals surface area contributed by atoms with E-state index in [1.807, 2.05) is 18.2 Å². The van der Waals surface area contributed by atoms with Gasteiger partial charge in [-0.2, -0.15) is 0 Å². The molecule has 0 bridgehead atoms. The molecule has 0 fully saturated rings. The third kappa shape index (κ3) is 5.63. The van der Waals surface area contributed by atoms with Crippen LogP contribution in [0.3, 0.4) is 0 Å². The number of fused-ring (bicyclic) bond motifs is 9. The zero-order chi connectivity index (χ0) is 42.1. The summed E-state index contributed by atoms with van der Waals surface area (Å²) >= 11 is 0. The van der Waals surface area contributed by atoms with Gasteiger partial charge in [-0.1, -0.05) is 170 Å². The largest absolute Gasteiger partial charge is 0.455 e. The molecule has 13 aromatic rings. The summed E-state index contributed by atoms with van der Waals surface area (Å²) in [7, 11) is 0. The van der Waals surface area contributed by atoms with Gasteiger partial charge in [0.05, 0.1) is 22.4 Å². The molecule has 0 spiro atoms. The van der Waals surface area contributed by atoms with Crippen LogP contribution in [0.1, 0.15) is 0 Å². The maximum atomic E-state index is 6.63. The maximum absolute atomic E-state index is 6.63. The Bertz CT molecular complexity index is 3910. The number of anilines is 3. The molecule has 10 aromatic carbocycles. The Morgan fingerprint density at radius 1 is 0.312 bits per heavy atom. The van der Waals surface area contributed by atoms with Crippen LogP contribution >= 0.6 is 0 Å². The number of furan rings is 2. The van der Waals surface area contributed by atoms with Crippen molar-refractivity contribution in [3.63, 3.8) is 0 Å². The normalized spacial score (nSPS) is 11.8. The molecule has 0 N–H and O–H groups in total. The molecule has 13 rings (SSSR count). The van der Waals surface area contributed by atoms with Crippen molar-refractivity contribution in [3.8, 4) is 39.1 Å². The van der Waals surface area contributed by atoms with Crippen molar-refractivity contribution in [3.05, 3.63) is 231 Å². The Balaban J connectivity index is 1.04. The third-order valence-corrected chi connectivity index (χ3v) is 12.8. The molecule has 0 amide bonds. The van der Waals surface area contributed by atoms with Crippen molar-refractivity contribution >= 4 is 82.7 Å². The fourth-order valence-electron chi connectivity index (χ4n) is 9.94. The molecule has 0 aliphatic carbocycles. The lowest BCUT2D eigenvalue weighted by molar-refractivity contribution is 0.669. The van der Waals surface area contributed by atoms with Gasteiger partial charge in [0.2, 0.25) is 0 Å². The molecular formula is C60H38N2O2. The second kappa shape index (κ2) is 14.5. The monoisotopic (exact) mass is 818 g/mol. The van der Waals surface area contributed by atoms with Gasteiger partial charge in [0.25, 0.3) is 0 Å². The first-order chi connectivity index (χ1) is 31.8. The molecule has 0 saturated heterocycles. The van der Waals surface area contributed by atoms with Crippen LogP contribution in [0.2, 0.25) is 0 Å². The molecule has 3 heterocycles. The lowest BCUT2D eigenvalue weighted by atomic mass is 9.95. The molecule has 4 nitrogen and oxygen atoms in total. The van der Waals surface area contributed by atoms with Crippen molar-refractivity contribution < 1.29 is 8.83 Å². The van der Waals surface area contributed by atoms with Gasteiger partial charge in [-0.3, -0.25) is 0 Å². The molecule has 0 aliphatic heterocycles. The number of hydrogen-bond acceptors (Lipinski definition) is 3. The summed E-state index contributed by atoms with van der Waals surface area (Å²) in [5.41, 5.74) is 16.6. The molecule has 0 aliphatic rings. The minimum Gasteiger partial charge on any atom is -0.455 e. The summed E-state index contributed by atoms with van der Waals surface area (Å²) in [6, 6.07) is 82.2. The van der Waals surface area contributed by atoms with E-state index in [0.717, 1.165) is 111 Å². The summed E-state index contributed by atoms with van der Waals surface area (Å²) in [6.45, 7) is 0. The average Bonchev–Trinajstić information content (AvgIpc) is 4.04. The van der Waals surface area contributed by atoms with Crippen LogP contribution in [0.4, 0.5) is 17.1 Å². The van der Waals surface area contributed by atoms with Crippen molar-refractivity contribution in [2.75, 3.05) is 4.90 Å². The van der Waals surface area contributed by atoms with Gasteiger partial charge in [0.15, 0.2) is 0 Å². The van der Waals surface area contributed by atoms with E-state index < -0.39 is 0 Å². The Labute approximate surface area is 369 Å². The molecule has 3 aromatic heterocycles. The van der Waals surface area contributed by atoms with Crippen LogP contribution < -0.4 is 4.90 Å². The van der Waals surface area contributed by atoms with Gasteiger partial charge in [-0.15, -0.1) is 0 Å². The number of nitrogens with zero attached hydrogens (tertiary/aromatic N) is 2. The van der Waals surface area contributed by atoms with Crippen LogP contribution in [-0.4, -0.2) is 4.57 Å². The van der Waals surface area contributed by atoms with Crippen molar-refractivity contribution in [1.82, 2.24) is 4.57 Å². The summed E-state index contributed by atoms with van der Waals surface area (Å²) < 4.78 is 15.6. The van der Waals surface area contributed by atoms with Crippen LogP contribution in [0.25, 0.3) is 105 Å². The van der Waals surface area contributed by atoms with Crippen LogP contribution in [-0.2, 0) is 0 Å². The van der Waals surface area contributed by atoms with Gasteiger partial charge in [-0.25, -0.2) is 0 Å². The number of rotatable bonds is 7. The molecule has 0 radical (unpaired) electrons. The first kappa shape index (κ1) is 36.1. The van der Waals surface area contributed by atoms with E-state index in [0.29, 0.717) is 0 Å². The first-order valence-corrected chi connectivity index (χ1v) is 21.8. The maximum Gasteiger partial charge on any atom is 0.143 e. The lowest BCUT2D eigenvalue weighted by Crippen LogP contribution is -2.11. The topological polar surface area (TPSA) is 34.5 Å². The fourth-order valence-corrected chi connectivity index (χ4v) is 9.94. The molecule has 4 heteroatoms. The third-order valence-electron chi connectivity index (χ3n) is 12.8. The fraction of sp³-hybridized carbons (Fsp3) is 0. The Morgan fingerprint density at radius 2 is 0.875 bits per heavy atom. The zero-order valence-corrected chi connectivity index (χ0v) is 34.7. The minimum atomic E-state index is 0.888. The highest BCUT2D eigenvalue weighted by atomic mass is 16.3. The highest BCUT2D eigenvalue weighted by Gasteiger charge is 2.23. The Morgan fingerprint density at radius 3 is 1.62 bits per heavy atom. The second-order valence-electron chi connectivity index (χ2n) is 16.4. The molecular weight excluding hydrogens is 781 g/mol. The van der Waals surface area contributed by atoms with Gasteiger partial charge >= 0.3 is 0 Å². The molecule has 0 atom stereocenters.